The van der Waals surface area contributed by atoms with Crippen molar-refractivity contribution >= 4 is 5.97 Å². The fourth-order valence-electron chi connectivity index (χ4n) is 1.48. The van der Waals surface area contributed by atoms with Gasteiger partial charge < -0.3 is 9.47 Å². The Kier molecular flexibility index (Phi) is 6.62. The highest BCUT2D eigenvalue weighted by atomic mass is 16.6. The summed E-state index contributed by atoms with van der Waals surface area (Å²) in [5.74, 6) is 0.815. The molecule has 0 N–H and O–H groups in total. The molecule has 18 heavy (non-hydrogen) atoms. The molecule has 3 nitrogen and oxygen atoms in total. The second kappa shape index (κ2) is 8.34. The van der Waals surface area contributed by atoms with E-state index in [2.05, 4.69) is 13.0 Å². The Bertz CT molecular complexity index is 396. The highest BCUT2D eigenvalue weighted by Gasteiger charge is 2.07. The summed E-state index contributed by atoms with van der Waals surface area (Å²) in [6.07, 6.45) is 7.40. The van der Waals surface area contributed by atoms with Gasteiger partial charge in [0.15, 0.2) is 11.5 Å². The number of allylic oxidation sites excluding steroid dienone is 2. The lowest BCUT2D eigenvalue weighted by Crippen LogP contribution is -2.07. The largest absolute Gasteiger partial charge is 0.493 e. The van der Waals surface area contributed by atoms with E-state index in [1.807, 2.05) is 18.2 Å². The van der Waals surface area contributed by atoms with Crippen molar-refractivity contribution in [2.24, 2.45) is 0 Å². The molecular formula is C15H20O3. The lowest BCUT2D eigenvalue weighted by atomic mass is 10.2. The summed E-state index contributed by atoms with van der Waals surface area (Å²) in [4.78, 5) is 11.6. The van der Waals surface area contributed by atoms with Crippen molar-refractivity contribution in [1.82, 2.24) is 0 Å². The molecule has 0 atom stereocenters. The van der Waals surface area contributed by atoms with Crippen LogP contribution in [0.25, 0.3) is 0 Å². The van der Waals surface area contributed by atoms with E-state index in [0.717, 1.165) is 12.8 Å². The number of hydrogen-bond donors (Lipinski definition) is 0. The number of unbranched alkanes of at least 4 members (excludes halogenated alkanes) is 1. The molecule has 0 aliphatic heterocycles. The summed E-state index contributed by atoms with van der Waals surface area (Å²) in [5.41, 5.74) is 0. The molecule has 0 saturated heterocycles. The maximum Gasteiger partial charge on any atom is 0.311 e. The Balaban J connectivity index is 2.40. The van der Waals surface area contributed by atoms with Gasteiger partial charge in [-0.2, -0.15) is 0 Å². The molecule has 1 aromatic rings. The van der Waals surface area contributed by atoms with E-state index in [9.17, 15) is 4.79 Å². The zero-order chi connectivity index (χ0) is 13.2. The van der Waals surface area contributed by atoms with Crippen LogP contribution in [0.5, 0.6) is 11.5 Å². The van der Waals surface area contributed by atoms with Crippen molar-refractivity contribution in [1.29, 1.82) is 0 Å². The molecule has 0 bridgehead atoms. The Morgan fingerprint density at radius 1 is 1.17 bits per heavy atom. The van der Waals surface area contributed by atoms with Crippen molar-refractivity contribution < 1.29 is 14.3 Å². The Labute approximate surface area is 108 Å². The van der Waals surface area contributed by atoms with Crippen molar-refractivity contribution in [2.45, 2.75) is 32.6 Å². The van der Waals surface area contributed by atoms with E-state index < -0.39 is 0 Å². The van der Waals surface area contributed by atoms with Crippen LogP contribution in [-0.2, 0) is 4.79 Å². The maximum atomic E-state index is 11.6. The minimum Gasteiger partial charge on any atom is -0.493 e. The quantitative estimate of drug-likeness (QED) is 0.419. The molecule has 0 unspecified atom stereocenters. The first-order chi connectivity index (χ1) is 8.77. The maximum absolute atomic E-state index is 11.6. The number of carbonyl (C=O) groups is 1. The van der Waals surface area contributed by atoms with Crippen molar-refractivity contribution in [3.63, 3.8) is 0 Å². The molecular weight excluding hydrogens is 228 g/mol. The molecule has 0 saturated carbocycles. The number of rotatable bonds is 7. The minimum atomic E-state index is -0.236. The van der Waals surface area contributed by atoms with E-state index >= 15 is 0 Å². The molecule has 0 amide bonds. The minimum absolute atomic E-state index is 0.236. The SMILES string of the molecule is CCCC=CCCC(=O)Oc1ccccc1OC. The Morgan fingerprint density at radius 2 is 1.83 bits per heavy atom. The Hall–Kier alpha value is -1.77. The fourth-order valence-corrected chi connectivity index (χ4v) is 1.48. The Morgan fingerprint density at radius 3 is 2.50 bits per heavy atom. The standard InChI is InChI=1S/C15H20O3/c1-3-4-5-6-7-12-15(16)18-14-11-9-8-10-13(14)17-2/h5-6,8-11H,3-4,7,12H2,1-2H3. The zero-order valence-corrected chi connectivity index (χ0v) is 11.0. The van der Waals surface area contributed by atoms with Gasteiger partial charge in [-0.1, -0.05) is 37.6 Å². The zero-order valence-electron chi connectivity index (χ0n) is 11.0. The van der Waals surface area contributed by atoms with Gasteiger partial charge in [0.2, 0.25) is 0 Å². The number of esters is 1. The van der Waals surface area contributed by atoms with Gasteiger partial charge in [-0.3, -0.25) is 4.79 Å². The molecule has 0 fully saturated rings. The predicted octanol–water partition coefficient (Wildman–Crippen LogP) is 3.74. The van der Waals surface area contributed by atoms with Crippen LogP contribution in [0.4, 0.5) is 0 Å². The lowest BCUT2D eigenvalue weighted by Gasteiger charge is -2.07. The molecule has 0 aliphatic carbocycles. The van der Waals surface area contributed by atoms with Crippen molar-refractivity contribution in [3.8, 4) is 11.5 Å². The van der Waals surface area contributed by atoms with Crippen LogP contribution < -0.4 is 9.47 Å². The highest BCUT2D eigenvalue weighted by molar-refractivity contribution is 5.73. The van der Waals surface area contributed by atoms with Crippen molar-refractivity contribution in [3.05, 3.63) is 36.4 Å². The third-order valence-corrected chi connectivity index (χ3v) is 2.43. The van der Waals surface area contributed by atoms with Crippen LogP contribution in [0, 0.1) is 0 Å². The second-order valence-corrected chi connectivity index (χ2v) is 3.92. The monoisotopic (exact) mass is 248 g/mol. The van der Waals surface area contributed by atoms with Gasteiger partial charge >= 0.3 is 5.97 Å². The predicted molar refractivity (Wildman–Crippen MR) is 71.9 cm³/mol. The summed E-state index contributed by atoms with van der Waals surface area (Å²) in [6, 6.07) is 7.14. The summed E-state index contributed by atoms with van der Waals surface area (Å²) < 4.78 is 10.4. The number of para-hydroxylation sites is 2. The number of ether oxygens (including phenoxy) is 2. The van der Waals surface area contributed by atoms with E-state index in [1.54, 1.807) is 19.2 Å². The first-order valence-electron chi connectivity index (χ1n) is 6.26. The van der Waals surface area contributed by atoms with Gasteiger partial charge in [-0.15, -0.1) is 0 Å². The van der Waals surface area contributed by atoms with Crippen LogP contribution in [0.2, 0.25) is 0 Å². The third kappa shape index (κ3) is 5.04. The molecule has 0 aliphatic rings. The van der Waals surface area contributed by atoms with Gasteiger partial charge in [-0.05, 0) is 25.0 Å². The van der Waals surface area contributed by atoms with Gasteiger partial charge in [-0.25, -0.2) is 0 Å². The van der Waals surface area contributed by atoms with E-state index in [-0.39, 0.29) is 5.97 Å². The average Bonchev–Trinajstić information content (AvgIpc) is 2.39. The topological polar surface area (TPSA) is 35.5 Å². The van der Waals surface area contributed by atoms with Gasteiger partial charge in [0.1, 0.15) is 0 Å². The third-order valence-electron chi connectivity index (χ3n) is 2.43. The van der Waals surface area contributed by atoms with Crippen LogP contribution in [0.15, 0.2) is 36.4 Å². The normalized spacial score (nSPS) is 10.6. The number of carbonyl (C=O) groups excluding carboxylic acids is 1. The first kappa shape index (κ1) is 14.3. The molecule has 0 heterocycles. The molecule has 98 valence electrons. The second-order valence-electron chi connectivity index (χ2n) is 3.92. The smallest absolute Gasteiger partial charge is 0.311 e. The molecule has 0 aromatic heterocycles. The fraction of sp³-hybridized carbons (Fsp3) is 0.400. The molecule has 1 aromatic carbocycles. The van der Waals surface area contributed by atoms with Crippen LogP contribution in [0.1, 0.15) is 32.6 Å². The number of hydrogen-bond acceptors (Lipinski definition) is 3. The van der Waals surface area contributed by atoms with E-state index in [4.69, 9.17) is 9.47 Å². The first-order valence-corrected chi connectivity index (χ1v) is 6.26. The van der Waals surface area contributed by atoms with E-state index in [1.165, 1.54) is 0 Å². The van der Waals surface area contributed by atoms with Gasteiger partial charge in [0, 0.05) is 6.42 Å². The molecule has 3 heteroatoms. The van der Waals surface area contributed by atoms with Crippen LogP contribution in [0.3, 0.4) is 0 Å². The van der Waals surface area contributed by atoms with Crippen LogP contribution >= 0.6 is 0 Å². The average molecular weight is 248 g/mol. The summed E-state index contributed by atoms with van der Waals surface area (Å²) in [5, 5.41) is 0. The van der Waals surface area contributed by atoms with Gasteiger partial charge in [0.05, 0.1) is 7.11 Å². The van der Waals surface area contributed by atoms with Crippen LogP contribution in [-0.4, -0.2) is 13.1 Å². The molecule has 0 radical (unpaired) electrons. The van der Waals surface area contributed by atoms with Crippen molar-refractivity contribution in [2.75, 3.05) is 7.11 Å². The number of methoxy groups -OCH3 is 1. The highest BCUT2D eigenvalue weighted by Crippen LogP contribution is 2.26. The lowest BCUT2D eigenvalue weighted by molar-refractivity contribution is -0.134. The van der Waals surface area contributed by atoms with Gasteiger partial charge in [0.25, 0.3) is 0 Å². The summed E-state index contributed by atoms with van der Waals surface area (Å²) in [7, 11) is 1.56. The number of benzene rings is 1. The molecule has 1 rings (SSSR count). The molecule has 0 spiro atoms. The van der Waals surface area contributed by atoms with E-state index in [0.29, 0.717) is 24.3 Å². The summed E-state index contributed by atoms with van der Waals surface area (Å²) in [6.45, 7) is 2.13. The summed E-state index contributed by atoms with van der Waals surface area (Å²) >= 11 is 0.